The zero-order chi connectivity index (χ0) is 11.0. The Morgan fingerprint density at radius 3 is 2.50 bits per heavy atom. The normalized spacial score (nSPS) is 12.2. The second kappa shape index (κ2) is 7.60. The van der Waals surface area contributed by atoms with Gasteiger partial charge in [0, 0.05) is 12.5 Å². The summed E-state index contributed by atoms with van der Waals surface area (Å²) in [6.07, 6.45) is 4.24. The molecule has 0 aliphatic carbocycles. The molecule has 0 aromatic carbocycles. The molecule has 0 fully saturated rings. The molecule has 1 unspecified atom stereocenters. The van der Waals surface area contributed by atoms with Gasteiger partial charge in [-0.15, -0.1) is 0 Å². The topological polar surface area (TPSA) is 29.1 Å². The highest BCUT2D eigenvalue weighted by Crippen LogP contribution is 2.12. The summed E-state index contributed by atoms with van der Waals surface area (Å²) >= 11 is 0. The van der Waals surface area contributed by atoms with Crippen molar-refractivity contribution in [3.8, 4) is 0 Å². The Morgan fingerprint density at radius 2 is 2.07 bits per heavy atom. The van der Waals surface area contributed by atoms with Crippen molar-refractivity contribution in [2.24, 2.45) is 5.92 Å². The maximum absolute atomic E-state index is 11.6. The molecule has 2 nitrogen and oxygen atoms in total. The third-order valence-electron chi connectivity index (χ3n) is 2.33. The highest BCUT2D eigenvalue weighted by molar-refractivity contribution is 5.78. The van der Waals surface area contributed by atoms with E-state index in [0.29, 0.717) is 6.54 Å². The van der Waals surface area contributed by atoms with Crippen molar-refractivity contribution in [2.45, 2.75) is 46.5 Å². The van der Waals surface area contributed by atoms with Crippen LogP contribution in [0.2, 0.25) is 0 Å². The maximum atomic E-state index is 11.6. The lowest BCUT2D eigenvalue weighted by Gasteiger charge is -2.14. The van der Waals surface area contributed by atoms with Gasteiger partial charge in [-0.3, -0.25) is 4.79 Å². The van der Waals surface area contributed by atoms with Crippen molar-refractivity contribution in [3.05, 3.63) is 12.2 Å². The fraction of sp³-hybridized carbons (Fsp3) is 0.750. The zero-order valence-electron chi connectivity index (χ0n) is 9.73. The molecule has 0 aromatic rings. The maximum Gasteiger partial charge on any atom is 0.223 e. The van der Waals surface area contributed by atoms with Gasteiger partial charge in [-0.2, -0.15) is 0 Å². The second-order valence-corrected chi connectivity index (χ2v) is 3.92. The predicted octanol–water partition coefficient (Wildman–Crippen LogP) is 2.90. The molecule has 0 spiro atoms. The quantitative estimate of drug-likeness (QED) is 0.625. The number of carbonyl (C=O) groups excluding carboxylic acids is 1. The summed E-state index contributed by atoms with van der Waals surface area (Å²) in [5.41, 5.74) is 1.00. The minimum Gasteiger partial charge on any atom is -0.352 e. The molecule has 1 amide bonds. The van der Waals surface area contributed by atoms with Crippen molar-refractivity contribution in [2.75, 3.05) is 6.54 Å². The van der Waals surface area contributed by atoms with Crippen LogP contribution in [0, 0.1) is 5.92 Å². The number of carbonyl (C=O) groups is 1. The van der Waals surface area contributed by atoms with Crippen LogP contribution in [0.15, 0.2) is 12.2 Å². The fourth-order valence-electron chi connectivity index (χ4n) is 1.35. The average molecular weight is 197 g/mol. The van der Waals surface area contributed by atoms with Crippen LogP contribution in [0.3, 0.4) is 0 Å². The van der Waals surface area contributed by atoms with Gasteiger partial charge < -0.3 is 5.32 Å². The zero-order valence-corrected chi connectivity index (χ0v) is 9.73. The number of rotatable bonds is 7. The Hall–Kier alpha value is -0.790. The molecule has 14 heavy (non-hydrogen) atoms. The van der Waals surface area contributed by atoms with E-state index in [9.17, 15) is 4.79 Å². The highest BCUT2D eigenvalue weighted by atomic mass is 16.1. The highest BCUT2D eigenvalue weighted by Gasteiger charge is 2.14. The van der Waals surface area contributed by atoms with E-state index in [4.69, 9.17) is 0 Å². The van der Waals surface area contributed by atoms with Gasteiger partial charge in [-0.1, -0.05) is 38.8 Å². The van der Waals surface area contributed by atoms with Crippen molar-refractivity contribution in [1.29, 1.82) is 0 Å². The Morgan fingerprint density at radius 1 is 1.43 bits per heavy atom. The van der Waals surface area contributed by atoms with Crippen LogP contribution >= 0.6 is 0 Å². The molecule has 82 valence electrons. The summed E-state index contributed by atoms with van der Waals surface area (Å²) < 4.78 is 0. The third-order valence-corrected chi connectivity index (χ3v) is 2.33. The summed E-state index contributed by atoms with van der Waals surface area (Å²) in [5, 5.41) is 2.90. The summed E-state index contributed by atoms with van der Waals surface area (Å²) in [6, 6.07) is 0. The van der Waals surface area contributed by atoms with Crippen LogP contribution in [0.25, 0.3) is 0 Å². The van der Waals surface area contributed by atoms with Gasteiger partial charge in [-0.25, -0.2) is 0 Å². The van der Waals surface area contributed by atoms with Gasteiger partial charge in [0.1, 0.15) is 0 Å². The Labute approximate surface area is 87.8 Å². The van der Waals surface area contributed by atoms with E-state index >= 15 is 0 Å². The third kappa shape index (κ3) is 5.79. The van der Waals surface area contributed by atoms with Crippen LogP contribution in [0.5, 0.6) is 0 Å². The number of hydrogen-bond donors (Lipinski definition) is 1. The predicted molar refractivity (Wildman–Crippen MR) is 61.1 cm³/mol. The molecule has 0 radical (unpaired) electrons. The fourth-order valence-corrected chi connectivity index (χ4v) is 1.35. The largest absolute Gasteiger partial charge is 0.352 e. The van der Waals surface area contributed by atoms with Crippen molar-refractivity contribution >= 4 is 5.91 Å². The molecular formula is C12H23NO. The van der Waals surface area contributed by atoms with Gasteiger partial charge in [0.05, 0.1) is 0 Å². The molecule has 0 bridgehead atoms. The molecule has 0 aliphatic heterocycles. The van der Waals surface area contributed by atoms with Gasteiger partial charge >= 0.3 is 0 Å². The first kappa shape index (κ1) is 13.2. The molecule has 0 rings (SSSR count). The number of unbranched alkanes of at least 4 members (excludes halogenated alkanes) is 1. The first-order valence-electron chi connectivity index (χ1n) is 5.53. The molecule has 0 saturated carbocycles. The van der Waals surface area contributed by atoms with E-state index in [2.05, 4.69) is 25.7 Å². The van der Waals surface area contributed by atoms with E-state index in [0.717, 1.165) is 31.3 Å². The van der Waals surface area contributed by atoms with E-state index < -0.39 is 0 Å². The number of amides is 1. The Kier molecular flexibility index (Phi) is 7.17. The van der Waals surface area contributed by atoms with E-state index in [1.165, 1.54) is 0 Å². The van der Waals surface area contributed by atoms with Gasteiger partial charge in [0.25, 0.3) is 0 Å². The van der Waals surface area contributed by atoms with Crippen LogP contribution < -0.4 is 5.32 Å². The molecule has 1 atom stereocenters. The van der Waals surface area contributed by atoms with Crippen molar-refractivity contribution in [1.82, 2.24) is 5.32 Å². The molecule has 0 aliphatic rings. The smallest absolute Gasteiger partial charge is 0.223 e. The number of hydrogen-bond acceptors (Lipinski definition) is 1. The standard InChI is InChI=1S/C12H23NO/c1-5-7-8-11(6-2)12(14)13-9-10(3)4/h11H,3,5-9H2,1-2,4H3,(H,13,14). The Balaban J connectivity index is 3.85. The lowest BCUT2D eigenvalue weighted by atomic mass is 9.98. The lowest BCUT2D eigenvalue weighted by molar-refractivity contribution is -0.125. The van der Waals surface area contributed by atoms with E-state index in [1.54, 1.807) is 0 Å². The molecule has 0 saturated heterocycles. The van der Waals surface area contributed by atoms with Crippen LogP contribution in [-0.4, -0.2) is 12.5 Å². The summed E-state index contributed by atoms with van der Waals surface area (Å²) in [6.45, 7) is 10.5. The Bertz CT molecular complexity index is 187. The molecule has 1 N–H and O–H groups in total. The van der Waals surface area contributed by atoms with Crippen LogP contribution in [-0.2, 0) is 4.79 Å². The summed E-state index contributed by atoms with van der Waals surface area (Å²) in [5.74, 6) is 0.373. The first-order chi connectivity index (χ1) is 6.61. The van der Waals surface area contributed by atoms with E-state index in [-0.39, 0.29) is 11.8 Å². The second-order valence-electron chi connectivity index (χ2n) is 3.92. The van der Waals surface area contributed by atoms with Crippen molar-refractivity contribution < 1.29 is 4.79 Å². The SMILES string of the molecule is C=C(C)CNC(=O)C(CC)CCCC. The van der Waals surface area contributed by atoms with Crippen LogP contribution in [0.4, 0.5) is 0 Å². The minimum atomic E-state index is 0.184. The summed E-state index contributed by atoms with van der Waals surface area (Å²) in [4.78, 5) is 11.6. The molecule has 0 heterocycles. The first-order valence-corrected chi connectivity index (χ1v) is 5.53. The van der Waals surface area contributed by atoms with Gasteiger partial charge in [0.2, 0.25) is 5.91 Å². The minimum absolute atomic E-state index is 0.184. The lowest BCUT2D eigenvalue weighted by Crippen LogP contribution is -2.31. The number of nitrogens with one attached hydrogen (secondary N) is 1. The van der Waals surface area contributed by atoms with Gasteiger partial charge in [0.15, 0.2) is 0 Å². The molecular weight excluding hydrogens is 174 g/mol. The molecule has 2 heteroatoms. The van der Waals surface area contributed by atoms with E-state index in [1.807, 2.05) is 6.92 Å². The monoisotopic (exact) mass is 197 g/mol. The van der Waals surface area contributed by atoms with Gasteiger partial charge in [-0.05, 0) is 19.8 Å². The summed E-state index contributed by atoms with van der Waals surface area (Å²) in [7, 11) is 0. The van der Waals surface area contributed by atoms with Crippen LogP contribution in [0.1, 0.15) is 46.5 Å². The van der Waals surface area contributed by atoms with Crippen molar-refractivity contribution in [3.63, 3.8) is 0 Å². The average Bonchev–Trinajstić information content (AvgIpc) is 2.16. The molecule has 0 aromatic heterocycles.